The number of hydrogen-bond donors (Lipinski definition) is 2. The molecule has 3 rings (SSSR count). The Hall–Kier alpha value is -2.13. The van der Waals surface area contributed by atoms with E-state index in [2.05, 4.69) is 20.5 Å². The van der Waals surface area contributed by atoms with Crippen LogP contribution < -0.4 is 10.6 Å². The van der Waals surface area contributed by atoms with Crippen LogP contribution in [0.3, 0.4) is 0 Å². The van der Waals surface area contributed by atoms with E-state index in [4.69, 9.17) is 0 Å². The van der Waals surface area contributed by atoms with Gasteiger partial charge >= 0.3 is 12.2 Å². The Labute approximate surface area is 159 Å². The summed E-state index contributed by atoms with van der Waals surface area (Å²) in [5.41, 5.74) is 0.950. The molecule has 0 unspecified atom stereocenters. The number of nitrogens with one attached hydrogen (secondary N) is 2. The van der Waals surface area contributed by atoms with E-state index in [-0.39, 0.29) is 12.1 Å². The Morgan fingerprint density at radius 3 is 2.85 bits per heavy atom. The molecule has 0 atom stereocenters. The van der Waals surface area contributed by atoms with Crippen LogP contribution in [0.2, 0.25) is 0 Å². The molecule has 27 heavy (non-hydrogen) atoms. The van der Waals surface area contributed by atoms with Crippen molar-refractivity contribution >= 4 is 22.5 Å². The Kier molecular flexibility index (Phi) is 5.71. The molecule has 5 nitrogen and oxygen atoms in total. The second-order valence-electron chi connectivity index (χ2n) is 6.80. The van der Waals surface area contributed by atoms with Gasteiger partial charge in [0.2, 0.25) is 0 Å². The summed E-state index contributed by atoms with van der Waals surface area (Å²) < 4.78 is 38.6. The molecule has 0 aliphatic carbocycles. The first-order chi connectivity index (χ1) is 12.7. The van der Waals surface area contributed by atoms with Crippen molar-refractivity contribution in [2.24, 2.45) is 0 Å². The maximum absolute atomic E-state index is 12.9. The van der Waals surface area contributed by atoms with Crippen molar-refractivity contribution in [1.29, 1.82) is 0 Å². The zero-order valence-corrected chi connectivity index (χ0v) is 15.9. The molecule has 0 radical (unpaired) electrons. The van der Waals surface area contributed by atoms with Crippen LogP contribution in [-0.4, -0.2) is 28.5 Å². The van der Waals surface area contributed by atoms with Gasteiger partial charge in [-0.1, -0.05) is 18.2 Å². The minimum Gasteiger partial charge on any atom is -0.336 e. The number of carbonyl (C=O) groups is 1. The number of urea groups is 1. The van der Waals surface area contributed by atoms with Crippen LogP contribution in [0.1, 0.15) is 35.5 Å². The number of halogens is 3. The lowest BCUT2D eigenvalue weighted by Crippen LogP contribution is -2.34. The van der Waals surface area contributed by atoms with Gasteiger partial charge in [-0.15, -0.1) is 11.3 Å². The number of benzene rings is 1. The van der Waals surface area contributed by atoms with Gasteiger partial charge in [0.15, 0.2) is 5.13 Å². The highest BCUT2D eigenvalue weighted by Gasteiger charge is 2.30. The fourth-order valence-corrected chi connectivity index (χ4v) is 3.98. The van der Waals surface area contributed by atoms with Crippen molar-refractivity contribution in [3.63, 3.8) is 0 Å². The molecule has 2 N–H and O–H groups in total. The average molecular weight is 398 g/mol. The van der Waals surface area contributed by atoms with Gasteiger partial charge in [0.05, 0.1) is 11.3 Å². The molecule has 0 spiro atoms. The predicted molar refractivity (Wildman–Crippen MR) is 98.7 cm³/mol. The number of fused-ring (bicyclic) bond motifs is 1. The first-order valence-corrected chi connectivity index (χ1v) is 9.47. The lowest BCUT2D eigenvalue weighted by molar-refractivity contribution is -0.137. The summed E-state index contributed by atoms with van der Waals surface area (Å²) >= 11 is 1.41. The number of nitrogens with zero attached hydrogens (tertiary/aromatic N) is 2. The molecule has 2 amide bonds. The molecule has 1 aromatic carbocycles. The van der Waals surface area contributed by atoms with Gasteiger partial charge in [0.1, 0.15) is 0 Å². The lowest BCUT2D eigenvalue weighted by Gasteiger charge is -2.26. The summed E-state index contributed by atoms with van der Waals surface area (Å²) in [4.78, 5) is 19.4. The third-order valence-electron chi connectivity index (χ3n) is 4.11. The smallest absolute Gasteiger partial charge is 0.336 e. The molecule has 1 aromatic heterocycles. The number of rotatable bonds is 4. The van der Waals surface area contributed by atoms with Crippen LogP contribution in [0.5, 0.6) is 0 Å². The molecule has 0 bridgehead atoms. The Bertz CT molecular complexity index is 819. The van der Waals surface area contributed by atoms with Crippen LogP contribution in [0.4, 0.5) is 23.1 Å². The zero-order valence-electron chi connectivity index (χ0n) is 15.1. The molecular formula is C18H21F3N4OS. The number of carbonyl (C=O) groups excluding carboxylic acids is 1. The summed E-state index contributed by atoms with van der Waals surface area (Å²) in [6, 6.07) is 5.17. The third kappa shape index (κ3) is 5.20. The van der Waals surface area contributed by atoms with Gasteiger partial charge < -0.3 is 5.32 Å². The van der Waals surface area contributed by atoms with Gasteiger partial charge in [-0.2, -0.15) is 13.2 Å². The van der Waals surface area contributed by atoms with E-state index in [1.807, 2.05) is 13.8 Å². The van der Waals surface area contributed by atoms with E-state index < -0.39 is 11.7 Å². The SMILES string of the molecule is CC(C)NC(=O)Nc1nc2c(s1)CN(Cc1cccc(C(F)(F)F)c1)CC2. The number of anilines is 1. The quantitative estimate of drug-likeness (QED) is 0.810. The Morgan fingerprint density at radius 1 is 1.37 bits per heavy atom. The molecule has 0 saturated heterocycles. The number of thiazole rings is 1. The first kappa shape index (κ1) is 19.6. The summed E-state index contributed by atoms with van der Waals surface area (Å²) in [5, 5.41) is 6.02. The number of aromatic nitrogens is 1. The van der Waals surface area contributed by atoms with Gasteiger partial charge in [0.25, 0.3) is 0 Å². The molecule has 9 heteroatoms. The molecule has 2 aromatic rings. The highest BCUT2D eigenvalue weighted by atomic mass is 32.1. The van der Waals surface area contributed by atoms with Gasteiger partial charge in [0, 0.05) is 37.0 Å². The fourth-order valence-electron chi connectivity index (χ4n) is 2.94. The standard InChI is InChI=1S/C18H21F3N4OS/c1-11(2)22-16(26)24-17-23-14-6-7-25(10-15(14)27-17)9-12-4-3-5-13(8-12)18(19,20)21/h3-5,8,11H,6-7,9-10H2,1-2H3,(H2,22,23,24,26). The van der Waals surface area contributed by atoms with Crippen molar-refractivity contribution in [3.8, 4) is 0 Å². The molecule has 0 saturated carbocycles. The van der Waals surface area contributed by atoms with E-state index in [0.717, 1.165) is 16.6 Å². The fraction of sp³-hybridized carbons (Fsp3) is 0.444. The van der Waals surface area contributed by atoms with Crippen LogP contribution in [0.15, 0.2) is 24.3 Å². The highest BCUT2D eigenvalue weighted by Crippen LogP contribution is 2.31. The second-order valence-corrected chi connectivity index (χ2v) is 7.88. The van der Waals surface area contributed by atoms with Crippen LogP contribution in [-0.2, 0) is 25.7 Å². The highest BCUT2D eigenvalue weighted by molar-refractivity contribution is 7.15. The van der Waals surface area contributed by atoms with E-state index in [0.29, 0.717) is 36.8 Å². The van der Waals surface area contributed by atoms with Gasteiger partial charge in [-0.05, 0) is 25.5 Å². The van der Waals surface area contributed by atoms with Crippen molar-refractivity contribution < 1.29 is 18.0 Å². The summed E-state index contributed by atoms with van der Waals surface area (Å²) in [6.07, 6.45) is -3.63. The zero-order chi connectivity index (χ0) is 19.6. The normalized spacial score (nSPS) is 14.9. The Balaban J connectivity index is 1.64. The van der Waals surface area contributed by atoms with Crippen LogP contribution in [0, 0.1) is 0 Å². The van der Waals surface area contributed by atoms with E-state index in [1.165, 1.54) is 23.5 Å². The minimum atomic E-state index is -4.33. The third-order valence-corrected chi connectivity index (χ3v) is 5.11. The maximum atomic E-state index is 12.9. The molecule has 2 heterocycles. The molecule has 146 valence electrons. The van der Waals surface area contributed by atoms with Crippen molar-refractivity contribution in [3.05, 3.63) is 46.0 Å². The largest absolute Gasteiger partial charge is 0.416 e. The van der Waals surface area contributed by atoms with Crippen LogP contribution in [0.25, 0.3) is 0 Å². The maximum Gasteiger partial charge on any atom is 0.416 e. The topological polar surface area (TPSA) is 57.3 Å². The number of amides is 2. The van der Waals surface area contributed by atoms with Crippen molar-refractivity contribution in [2.75, 3.05) is 11.9 Å². The molecule has 1 aliphatic heterocycles. The second kappa shape index (κ2) is 7.85. The van der Waals surface area contributed by atoms with E-state index in [9.17, 15) is 18.0 Å². The monoisotopic (exact) mass is 398 g/mol. The van der Waals surface area contributed by atoms with Gasteiger partial charge in [-0.25, -0.2) is 9.78 Å². The molecular weight excluding hydrogens is 377 g/mol. The van der Waals surface area contributed by atoms with Gasteiger partial charge in [-0.3, -0.25) is 10.2 Å². The molecule has 0 fully saturated rings. The Morgan fingerprint density at radius 2 is 2.15 bits per heavy atom. The first-order valence-electron chi connectivity index (χ1n) is 8.65. The summed E-state index contributed by atoms with van der Waals surface area (Å²) in [6.45, 7) is 5.51. The van der Waals surface area contributed by atoms with E-state index >= 15 is 0 Å². The number of hydrogen-bond acceptors (Lipinski definition) is 4. The van der Waals surface area contributed by atoms with Crippen LogP contribution >= 0.6 is 11.3 Å². The number of alkyl halides is 3. The summed E-state index contributed by atoms with van der Waals surface area (Å²) in [7, 11) is 0. The molecule has 1 aliphatic rings. The average Bonchev–Trinajstić information content (AvgIpc) is 2.94. The summed E-state index contributed by atoms with van der Waals surface area (Å²) in [5.74, 6) is 0. The predicted octanol–water partition coefficient (Wildman–Crippen LogP) is 4.25. The minimum absolute atomic E-state index is 0.0301. The lowest BCUT2D eigenvalue weighted by atomic mass is 10.1. The van der Waals surface area contributed by atoms with E-state index in [1.54, 1.807) is 6.07 Å². The van der Waals surface area contributed by atoms with Crippen molar-refractivity contribution in [1.82, 2.24) is 15.2 Å². The van der Waals surface area contributed by atoms with Crippen molar-refractivity contribution in [2.45, 2.75) is 45.6 Å².